The lowest BCUT2D eigenvalue weighted by molar-refractivity contribution is -0.138. The Hall–Kier alpha value is -4.95. The molecule has 0 fully saturated rings. The third-order valence-electron chi connectivity index (χ3n) is 6.55. The van der Waals surface area contributed by atoms with Gasteiger partial charge in [0, 0.05) is 31.1 Å². The molecule has 0 saturated heterocycles. The summed E-state index contributed by atoms with van der Waals surface area (Å²) in [6.45, 7) is 3.05. The van der Waals surface area contributed by atoms with Crippen LogP contribution in [0.15, 0.2) is 108 Å². The van der Waals surface area contributed by atoms with E-state index in [-0.39, 0.29) is 12.4 Å². The first kappa shape index (κ1) is 28.6. The van der Waals surface area contributed by atoms with Crippen LogP contribution in [0.2, 0.25) is 0 Å². The van der Waals surface area contributed by atoms with Crippen molar-refractivity contribution in [3.63, 3.8) is 0 Å². The summed E-state index contributed by atoms with van der Waals surface area (Å²) in [5.74, 6) is 1.76. The summed E-state index contributed by atoms with van der Waals surface area (Å²) in [5, 5.41) is 9.52. The molecule has 0 atom stereocenters. The van der Waals surface area contributed by atoms with Crippen LogP contribution in [-0.2, 0) is 24.3 Å². The van der Waals surface area contributed by atoms with Crippen LogP contribution in [0.5, 0.6) is 17.2 Å². The lowest BCUT2D eigenvalue weighted by atomic mass is 10.1. The molecule has 1 heterocycles. The standard InChI is InChI=1S/C34H31FN2O5/c1-24-32(36-34(41-24)27-8-3-2-4-9-27)17-18-40-30-11-5-7-26(19-30)22-37(23-33(38)39)21-25-13-15-29(16-14-25)42-31-12-6-10-28(35)20-31/h2-16,19-20H,17-18,21-23H2,1H3,(H,38,39). The van der Waals surface area contributed by atoms with Crippen LogP contribution >= 0.6 is 0 Å². The van der Waals surface area contributed by atoms with Gasteiger partial charge in [0.2, 0.25) is 5.89 Å². The first-order valence-corrected chi connectivity index (χ1v) is 13.6. The SMILES string of the molecule is Cc1oc(-c2ccccc2)nc1CCOc1cccc(CN(CC(=O)O)Cc2ccc(Oc3cccc(F)c3)cc2)c1. The molecule has 5 aromatic rings. The van der Waals surface area contributed by atoms with Gasteiger partial charge < -0.3 is 19.0 Å². The molecule has 0 aliphatic heterocycles. The molecule has 1 aromatic heterocycles. The van der Waals surface area contributed by atoms with E-state index in [9.17, 15) is 14.3 Å². The van der Waals surface area contributed by atoms with Crippen molar-refractivity contribution in [1.29, 1.82) is 0 Å². The number of carbonyl (C=O) groups is 1. The topological polar surface area (TPSA) is 85.0 Å². The largest absolute Gasteiger partial charge is 0.493 e. The van der Waals surface area contributed by atoms with Crippen molar-refractivity contribution in [2.75, 3.05) is 13.2 Å². The van der Waals surface area contributed by atoms with Gasteiger partial charge >= 0.3 is 5.97 Å². The Labute approximate surface area is 243 Å². The second-order valence-electron chi connectivity index (χ2n) is 9.88. The van der Waals surface area contributed by atoms with Crippen LogP contribution in [0.3, 0.4) is 0 Å². The quantitative estimate of drug-likeness (QED) is 0.160. The zero-order chi connectivity index (χ0) is 29.3. The Morgan fingerprint density at radius 3 is 2.36 bits per heavy atom. The highest BCUT2D eigenvalue weighted by atomic mass is 19.1. The van der Waals surface area contributed by atoms with Gasteiger partial charge in [-0.3, -0.25) is 9.69 Å². The molecule has 0 radical (unpaired) electrons. The molecule has 0 bridgehead atoms. The molecule has 42 heavy (non-hydrogen) atoms. The fraction of sp³-hybridized carbons (Fsp3) is 0.176. The van der Waals surface area contributed by atoms with Gasteiger partial charge in [0.25, 0.3) is 0 Å². The van der Waals surface area contributed by atoms with Crippen LogP contribution in [0.4, 0.5) is 4.39 Å². The molecule has 8 heteroatoms. The van der Waals surface area contributed by atoms with E-state index in [1.807, 2.05) is 78.6 Å². The molecule has 0 spiro atoms. The van der Waals surface area contributed by atoms with E-state index in [1.165, 1.54) is 12.1 Å². The Morgan fingerprint density at radius 2 is 1.60 bits per heavy atom. The summed E-state index contributed by atoms with van der Waals surface area (Å²) in [6.07, 6.45) is 0.594. The minimum absolute atomic E-state index is 0.123. The molecule has 0 unspecified atom stereocenters. The van der Waals surface area contributed by atoms with Crippen LogP contribution in [0, 0.1) is 12.7 Å². The summed E-state index contributed by atoms with van der Waals surface area (Å²) in [6, 6.07) is 30.7. The van der Waals surface area contributed by atoms with Crippen LogP contribution < -0.4 is 9.47 Å². The van der Waals surface area contributed by atoms with Gasteiger partial charge in [-0.2, -0.15) is 0 Å². The minimum atomic E-state index is -0.911. The third-order valence-corrected chi connectivity index (χ3v) is 6.55. The van der Waals surface area contributed by atoms with Crippen LogP contribution in [-0.4, -0.2) is 34.1 Å². The zero-order valence-corrected chi connectivity index (χ0v) is 23.2. The van der Waals surface area contributed by atoms with Crippen molar-refractivity contribution in [3.05, 3.63) is 132 Å². The van der Waals surface area contributed by atoms with Gasteiger partial charge in [0.15, 0.2) is 0 Å². The first-order chi connectivity index (χ1) is 20.4. The highest BCUT2D eigenvalue weighted by Crippen LogP contribution is 2.24. The molecule has 5 rings (SSSR count). The smallest absolute Gasteiger partial charge is 0.317 e. The number of halogens is 1. The lowest BCUT2D eigenvalue weighted by Gasteiger charge is -2.21. The van der Waals surface area contributed by atoms with Gasteiger partial charge in [0.1, 0.15) is 28.8 Å². The number of benzene rings is 4. The predicted molar refractivity (Wildman–Crippen MR) is 157 cm³/mol. The number of ether oxygens (including phenoxy) is 2. The molecular weight excluding hydrogens is 535 g/mol. The number of aromatic nitrogens is 1. The fourth-order valence-electron chi connectivity index (χ4n) is 4.57. The lowest BCUT2D eigenvalue weighted by Crippen LogP contribution is -2.29. The zero-order valence-electron chi connectivity index (χ0n) is 23.2. The van der Waals surface area contributed by atoms with E-state index in [0.29, 0.717) is 49.3 Å². The van der Waals surface area contributed by atoms with Gasteiger partial charge in [-0.1, -0.05) is 48.5 Å². The number of carboxylic acid groups (broad SMARTS) is 1. The number of aliphatic carboxylic acids is 1. The van der Waals surface area contributed by atoms with Crippen molar-refractivity contribution in [2.24, 2.45) is 0 Å². The fourth-order valence-corrected chi connectivity index (χ4v) is 4.57. The van der Waals surface area contributed by atoms with E-state index in [1.54, 1.807) is 24.3 Å². The van der Waals surface area contributed by atoms with E-state index < -0.39 is 5.97 Å². The average Bonchev–Trinajstić information content (AvgIpc) is 3.35. The van der Waals surface area contributed by atoms with Gasteiger partial charge in [-0.15, -0.1) is 0 Å². The Morgan fingerprint density at radius 1 is 0.857 bits per heavy atom. The molecular formula is C34H31FN2O5. The van der Waals surface area contributed by atoms with Gasteiger partial charge in [-0.05, 0) is 66.6 Å². The van der Waals surface area contributed by atoms with E-state index in [4.69, 9.17) is 13.9 Å². The van der Waals surface area contributed by atoms with Crippen molar-refractivity contribution < 1.29 is 28.2 Å². The predicted octanol–water partition coefficient (Wildman–Crippen LogP) is 7.29. The average molecular weight is 567 g/mol. The highest BCUT2D eigenvalue weighted by molar-refractivity contribution is 5.69. The van der Waals surface area contributed by atoms with Crippen molar-refractivity contribution >= 4 is 5.97 Å². The Bertz CT molecular complexity index is 1620. The summed E-state index contributed by atoms with van der Waals surface area (Å²) in [4.78, 5) is 18.1. The normalized spacial score (nSPS) is 11.0. The maximum absolute atomic E-state index is 13.4. The Balaban J connectivity index is 1.17. The van der Waals surface area contributed by atoms with Crippen LogP contribution in [0.1, 0.15) is 22.6 Å². The molecule has 0 saturated carbocycles. The van der Waals surface area contributed by atoms with Crippen LogP contribution in [0.25, 0.3) is 11.5 Å². The summed E-state index contributed by atoms with van der Waals surface area (Å²) in [7, 11) is 0. The molecule has 0 aliphatic rings. The third kappa shape index (κ3) is 8.05. The summed E-state index contributed by atoms with van der Waals surface area (Å²) < 4.78 is 31.0. The van der Waals surface area contributed by atoms with Gasteiger partial charge in [0.05, 0.1) is 18.8 Å². The van der Waals surface area contributed by atoms with Gasteiger partial charge in [-0.25, -0.2) is 9.37 Å². The number of hydrogen-bond acceptors (Lipinski definition) is 6. The molecule has 214 valence electrons. The monoisotopic (exact) mass is 566 g/mol. The number of aryl methyl sites for hydroxylation is 1. The second-order valence-corrected chi connectivity index (χ2v) is 9.88. The summed E-state index contributed by atoms with van der Waals surface area (Å²) >= 11 is 0. The van der Waals surface area contributed by atoms with Crippen molar-refractivity contribution in [1.82, 2.24) is 9.88 Å². The number of hydrogen-bond donors (Lipinski definition) is 1. The van der Waals surface area contributed by atoms with Crippen molar-refractivity contribution in [3.8, 4) is 28.7 Å². The summed E-state index contributed by atoms with van der Waals surface area (Å²) in [5.41, 5.74) is 3.64. The van der Waals surface area contributed by atoms with E-state index in [2.05, 4.69) is 4.98 Å². The molecule has 7 nitrogen and oxygen atoms in total. The maximum atomic E-state index is 13.4. The van der Waals surface area contributed by atoms with Crippen molar-refractivity contribution in [2.45, 2.75) is 26.4 Å². The highest BCUT2D eigenvalue weighted by Gasteiger charge is 2.14. The first-order valence-electron chi connectivity index (χ1n) is 13.6. The van der Waals surface area contributed by atoms with E-state index in [0.717, 1.165) is 28.1 Å². The number of oxazole rings is 1. The number of carboxylic acids is 1. The number of rotatable bonds is 13. The second kappa shape index (κ2) is 13.6. The Kier molecular flexibility index (Phi) is 9.26. The molecule has 0 amide bonds. The van der Waals surface area contributed by atoms with E-state index >= 15 is 0 Å². The maximum Gasteiger partial charge on any atom is 0.317 e. The minimum Gasteiger partial charge on any atom is -0.493 e. The molecule has 4 aromatic carbocycles. The number of nitrogens with zero attached hydrogens (tertiary/aromatic N) is 2. The molecule has 1 N–H and O–H groups in total. The molecule has 0 aliphatic carbocycles.